The fraction of sp³-hybridized carbons (Fsp3) is 0.500. The zero-order valence-electron chi connectivity index (χ0n) is 10.5. The highest BCUT2D eigenvalue weighted by molar-refractivity contribution is 5.74. The van der Waals surface area contributed by atoms with E-state index >= 15 is 0 Å². The smallest absolute Gasteiger partial charge is 0.219 e. The fourth-order valence-electron chi connectivity index (χ4n) is 2.57. The van der Waals surface area contributed by atoms with Crippen LogP contribution in [0.3, 0.4) is 0 Å². The van der Waals surface area contributed by atoms with E-state index in [9.17, 15) is 4.79 Å². The average Bonchev–Trinajstić information content (AvgIpc) is 2.38. The fourth-order valence-corrected chi connectivity index (χ4v) is 2.57. The SMILES string of the molecule is COc1ccccc1C1CCCCN1C(C)=O. The highest BCUT2D eigenvalue weighted by Crippen LogP contribution is 2.35. The number of ether oxygens (including phenoxy) is 1. The van der Waals surface area contributed by atoms with Crippen LogP contribution in [0.2, 0.25) is 0 Å². The number of methoxy groups -OCH3 is 1. The van der Waals surface area contributed by atoms with Crippen LogP contribution in [-0.2, 0) is 4.79 Å². The van der Waals surface area contributed by atoms with Crippen molar-refractivity contribution in [2.24, 2.45) is 0 Å². The third-order valence-corrected chi connectivity index (χ3v) is 3.41. The summed E-state index contributed by atoms with van der Waals surface area (Å²) in [6, 6.07) is 8.17. The first-order chi connectivity index (χ1) is 8.24. The first-order valence-electron chi connectivity index (χ1n) is 6.14. The summed E-state index contributed by atoms with van der Waals surface area (Å²) in [5, 5.41) is 0. The first kappa shape index (κ1) is 12.0. The Morgan fingerprint density at radius 3 is 2.82 bits per heavy atom. The summed E-state index contributed by atoms with van der Waals surface area (Å²) in [6.07, 6.45) is 3.30. The molecule has 0 aliphatic carbocycles. The number of para-hydroxylation sites is 1. The third kappa shape index (κ3) is 2.43. The summed E-state index contributed by atoms with van der Waals surface area (Å²) in [5.41, 5.74) is 1.13. The van der Waals surface area contributed by atoms with Crippen molar-refractivity contribution in [1.82, 2.24) is 4.90 Å². The van der Waals surface area contributed by atoms with Crippen LogP contribution in [0, 0.1) is 0 Å². The van der Waals surface area contributed by atoms with Gasteiger partial charge in [-0.2, -0.15) is 0 Å². The second-order valence-corrected chi connectivity index (χ2v) is 4.47. The molecule has 0 saturated carbocycles. The molecule has 1 amide bonds. The lowest BCUT2D eigenvalue weighted by Gasteiger charge is -2.36. The first-order valence-corrected chi connectivity index (χ1v) is 6.14. The van der Waals surface area contributed by atoms with Gasteiger partial charge in [0.15, 0.2) is 0 Å². The van der Waals surface area contributed by atoms with E-state index in [1.165, 1.54) is 6.42 Å². The molecule has 0 radical (unpaired) electrons. The summed E-state index contributed by atoms with van der Waals surface area (Å²) < 4.78 is 5.39. The molecule has 17 heavy (non-hydrogen) atoms. The summed E-state index contributed by atoms with van der Waals surface area (Å²) in [6.45, 7) is 2.51. The molecule has 1 saturated heterocycles. The molecule has 1 heterocycles. The lowest BCUT2D eigenvalue weighted by molar-refractivity contribution is -0.132. The number of carbonyl (C=O) groups is 1. The van der Waals surface area contributed by atoms with Gasteiger partial charge in [-0.3, -0.25) is 4.79 Å². The van der Waals surface area contributed by atoms with Crippen molar-refractivity contribution >= 4 is 5.91 Å². The number of likely N-dealkylation sites (tertiary alicyclic amines) is 1. The summed E-state index contributed by atoms with van der Waals surface area (Å²) in [5.74, 6) is 1.03. The van der Waals surface area contributed by atoms with Crippen LogP contribution in [-0.4, -0.2) is 24.5 Å². The van der Waals surface area contributed by atoms with Crippen molar-refractivity contribution in [3.63, 3.8) is 0 Å². The number of carbonyl (C=O) groups excluding carboxylic acids is 1. The Morgan fingerprint density at radius 2 is 2.12 bits per heavy atom. The van der Waals surface area contributed by atoms with Gasteiger partial charge in [-0.15, -0.1) is 0 Å². The Morgan fingerprint density at radius 1 is 1.35 bits per heavy atom. The van der Waals surface area contributed by atoms with Gasteiger partial charge in [0.05, 0.1) is 13.2 Å². The topological polar surface area (TPSA) is 29.5 Å². The Bertz CT molecular complexity index is 403. The van der Waals surface area contributed by atoms with Crippen molar-refractivity contribution in [2.75, 3.05) is 13.7 Å². The minimum absolute atomic E-state index is 0.153. The standard InChI is InChI=1S/C14H19NO2/c1-11(16)15-10-6-5-8-13(15)12-7-3-4-9-14(12)17-2/h3-4,7,9,13H,5-6,8,10H2,1-2H3. The molecule has 2 rings (SSSR count). The van der Waals surface area contributed by atoms with Gasteiger partial charge < -0.3 is 9.64 Å². The summed E-state index contributed by atoms with van der Waals surface area (Å²) in [4.78, 5) is 13.6. The molecule has 92 valence electrons. The van der Waals surface area contributed by atoms with E-state index in [1.807, 2.05) is 23.1 Å². The molecule has 3 heteroatoms. The largest absolute Gasteiger partial charge is 0.496 e. The molecule has 0 aromatic heterocycles. The van der Waals surface area contributed by atoms with Gasteiger partial charge in [0, 0.05) is 19.0 Å². The second-order valence-electron chi connectivity index (χ2n) is 4.47. The van der Waals surface area contributed by atoms with Crippen LogP contribution in [0.25, 0.3) is 0 Å². The molecule has 1 aromatic carbocycles. The van der Waals surface area contributed by atoms with Crippen LogP contribution in [0.5, 0.6) is 5.75 Å². The molecule has 0 spiro atoms. The molecular formula is C14H19NO2. The Balaban J connectivity index is 2.32. The maximum Gasteiger partial charge on any atom is 0.219 e. The molecule has 1 atom stereocenters. The van der Waals surface area contributed by atoms with E-state index < -0.39 is 0 Å². The van der Waals surface area contributed by atoms with Crippen LogP contribution in [0.1, 0.15) is 37.8 Å². The van der Waals surface area contributed by atoms with Crippen molar-refractivity contribution in [3.8, 4) is 5.75 Å². The maximum atomic E-state index is 11.7. The molecular weight excluding hydrogens is 214 g/mol. The molecule has 3 nitrogen and oxygen atoms in total. The Kier molecular flexibility index (Phi) is 3.67. The monoisotopic (exact) mass is 233 g/mol. The minimum Gasteiger partial charge on any atom is -0.496 e. The highest BCUT2D eigenvalue weighted by atomic mass is 16.5. The predicted octanol–water partition coefficient (Wildman–Crippen LogP) is 2.77. The van der Waals surface area contributed by atoms with Crippen LogP contribution in [0.4, 0.5) is 0 Å². The van der Waals surface area contributed by atoms with Gasteiger partial charge in [0.2, 0.25) is 5.91 Å². The van der Waals surface area contributed by atoms with Crippen molar-refractivity contribution in [1.29, 1.82) is 0 Å². The van der Waals surface area contributed by atoms with E-state index in [-0.39, 0.29) is 11.9 Å². The third-order valence-electron chi connectivity index (χ3n) is 3.41. The quantitative estimate of drug-likeness (QED) is 0.786. The van der Waals surface area contributed by atoms with E-state index in [2.05, 4.69) is 6.07 Å². The highest BCUT2D eigenvalue weighted by Gasteiger charge is 2.27. The van der Waals surface area contributed by atoms with E-state index in [0.29, 0.717) is 0 Å². The Labute approximate surface area is 102 Å². The number of benzene rings is 1. The molecule has 0 N–H and O–H groups in total. The van der Waals surface area contributed by atoms with E-state index in [0.717, 1.165) is 30.7 Å². The van der Waals surface area contributed by atoms with Crippen LogP contribution in [0.15, 0.2) is 24.3 Å². The average molecular weight is 233 g/mol. The minimum atomic E-state index is 0.153. The van der Waals surface area contributed by atoms with Gasteiger partial charge in [-0.1, -0.05) is 18.2 Å². The van der Waals surface area contributed by atoms with Gasteiger partial charge in [0.25, 0.3) is 0 Å². The number of nitrogens with zero attached hydrogens (tertiary/aromatic N) is 1. The van der Waals surface area contributed by atoms with Gasteiger partial charge in [0.1, 0.15) is 5.75 Å². The lowest BCUT2D eigenvalue weighted by Crippen LogP contribution is -2.37. The summed E-state index contributed by atoms with van der Waals surface area (Å²) >= 11 is 0. The van der Waals surface area contributed by atoms with Gasteiger partial charge in [-0.25, -0.2) is 0 Å². The molecule has 1 fully saturated rings. The molecule has 1 aliphatic heterocycles. The lowest BCUT2D eigenvalue weighted by atomic mass is 9.94. The molecule has 1 aliphatic rings. The van der Waals surface area contributed by atoms with Crippen molar-refractivity contribution < 1.29 is 9.53 Å². The summed E-state index contributed by atoms with van der Waals surface area (Å²) in [7, 11) is 1.68. The number of hydrogen-bond donors (Lipinski definition) is 0. The zero-order valence-corrected chi connectivity index (χ0v) is 10.5. The number of hydrogen-bond acceptors (Lipinski definition) is 2. The number of piperidine rings is 1. The van der Waals surface area contributed by atoms with Gasteiger partial charge in [-0.05, 0) is 25.3 Å². The number of amides is 1. The maximum absolute atomic E-state index is 11.7. The predicted molar refractivity (Wildman–Crippen MR) is 67.0 cm³/mol. The molecule has 1 unspecified atom stereocenters. The number of rotatable bonds is 2. The van der Waals surface area contributed by atoms with Gasteiger partial charge >= 0.3 is 0 Å². The van der Waals surface area contributed by atoms with Crippen molar-refractivity contribution in [3.05, 3.63) is 29.8 Å². The second kappa shape index (κ2) is 5.21. The molecule has 0 bridgehead atoms. The van der Waals surface area contributed by atoms with Crippen LogP contribution >= 0.6 is 0 Å². The molecule has 1 aromatic rings. The normalized spacial score (nSPS) is 20.1. The van der Waals surface area contributed by atoms with E-state index in [4.69, 9.17) is 4.74 Å². The van der Waals surface area contributed by atoms with E-state index in [1.54, 1.807) is 14.0 Å². The van der Waals surface area contributed by atoms with Crippen LogP contribution < -0.4 is 4.74 Å². The Hall–Kier alpha value is -1.51. The zero-order chi connectivity index (χ0) is 12.3. The van der Waals surface area contributed by atoms with Crippen molar-refractivity contribution in [2.45, 2.75) is 32.2 Å².